The highest BCUT2D eigenvalue weighted by Crippen LogP contribution is 2.36. The van der Waals surface area contributed by atoms with Crippen molar-refractivity contribution in [1.29, 1.82) is 0 Å². The Bertz CT molecular complexity index is 1170. The van der Waals surface area contributed by atoms with Crippen molar-refractivity contribution in [3.05, 3.63) is 114 Å². The maximum atomic E-state index is 13.1. The zero-order chi connectivity index (χ0) is 23.4. The van der Waals surface area contributed by atoms with Crippen molar-refractivity contribution in [2.45, 2.75) is 50.4 Å². The lowest BCUT2D eigenvalue weighted by Crippen LogP contribution is -2.08. The van der Waals surface area contributed by atoms with Gasteiger partial charge in [0, 0.05) is 9.79 Å². The molecule has 0 N–H and O–H groups in total. The number of hydrogen-bond donors (Lipinski definition) is 0. The summed E-state index contributed by atoms with van der Waals surface area (Å²) in [5.41, 5.74) is 0.615. The summed E-state index contributed by atoms with van der Waals surface area (Å²) in [7, 11) is -0.503. The third-order valence-electron chi connectivity index (χ3n) is 5.24. The summed E-state index contributed by atoms with van der Waals surface area (Å²) in [5.74, 6) is 0.418. The van der Waals surface area contributed by atoms with E-state index in [0.29, 0.717) is 5.92 Å². The molecule has 4 aromatic rings. The van der Waals surface area contributed by atoms with Gasteiger partial charge in [-0.1, -0.05) is 55.9 Å². The van der Waals surface area contributed by atoms with Crippen molar-refractivity contribution in [1.82, 2.24) is 0 Å². The van der Waals surface area contributed by atoms with Crippen LogP contribution in [0.4, 0.5) is 13.2 Å². The van der Waals surface area contributed by atoms with Gasteiger partial charge in [-0.3, -0.25) is 0 Å². The molecule has 0 nitrogen and oxygen atoms in total. The maximum absolute atomic E-state index is 13.1. The first-order valence-corrected chi connectivity index (χ1v) is 12.7. The first-order chi connectivity index (χ1) is 15.8. The first kappa shape index (κ1) is 23.5. The first-order valence-electron chi connectivity index (χ1n) is 10.7. The van der Waals surface area contributed by atoms with Gasteiger partial charge in [0.25, 0.3) is 0 Å². The standard InChI is InChI=1S/C28H24F3S2/c1-20(2)21-8-14-25(15-9-21)33(26-16-10-22(11-17-26)28(29,30)31)27-18-12-24(13-19-27)32-23-6-4-3-5-7-23/h3-20H,1-2H3/q+1. The third-order valence-corrected chi connectivity index (χ3v) is 8.48. The second kappa shape index (κ2) is 10.1. The second-order valence-electron chi connectivity index (χ2n) is 7.94. The van der Waals surface area contributed by atoms with Crippen LogP contribution in [0.5, 0.6) is 0 Å². The molecule has 0 saturated carbocycles. The van der Waals surface area contributed by atoms with Gasteiger partial charge in [-0.2, -0.15) is 13.2 Å². The Morgan fingerprint density at radius 1 is 0.606 bits per heavy atom. The van der Waals surface area contributed by atoms with E-state index < -0.39 is 22.6 Å². The Kier molecular flexibility index (Phi) is 7.20. The van der Waals surface area contributed by atoms with Gasteiger partial charge in [0.2, 0.25) is 0 Å². The Morgan fingerprint density at radius 3 is 1.55 bits per heavy atom. The van der Waals surface area contributed by atoms with Crippen molar-refractivity contribution in [2.24, 2.45) is 0 Å². The van der Waals surface area contributed by atoms with E-state index in [1.165, 1.54) is 17.7 Å². The molecular formula is C28H24F3S2+. The zero-order valence-corrected chi connectivity index (χ0v) is 20.0. The van der Waals surface area contributed by atoms with Gasteiger partial charge in [0.05, 0.1) is 16.5 Å². The molecule has 0 spiro atoms. The fourth-order valence-electron chi connectivity index (χ4n) is 3.45. The SMILES string of the molecule is CC(C)c1ccc([S+](c2ccc(Sc3ccccc3)cc2)c2ccc(C(F)(F)F)cc2)cc1. The highest BCUT2D eigenvalue weighted by atomic mass is 32.2. The average Bonchev–Trinajstić information content (AvgIpc) is 2.81. The molecule has 0 aromatic heterocycles. The molecule has 0 saturated heterocycles. The lowest BCUT2D eigenvalue weighted by Gasteiger charge is -2.12. The highest BCUT2D eigenvalue weighted by Gasteiger charge is 2.33. The van der Waals surface area contributed by atoms with Crippen LogP contribution in [-0.4, -0.2) is 0 Å². The van der Waals surface area contributed by atoms with Gasteiger partial charge in [-0.25, -0.2) is 0 Å². The van der Waals surface area contributed by atoms with Crippen molar-refractivity contribution in [2.75, 3.05) is 0 Å². The Balaban J connectivity index is 1.69. The van der Waals surface area contributed by atoms with E-state index >= 15 is 0 Å². The van der Waals surface area contributed by atoms with Crippen LogP contribution in [0.3, 0.4) is 0 Å². The van der Waals surface area contributed by atoms with Crippen LogP contribution in [0.1, 0.15) is 30.9 Å². The molecule has 4 aromatic carbocycles. The normalized spacial score (nSPS) is 12.7. The highest BCUT2D eigenvalue weighted by molar-refractivity contribution is 7.99. The van der Waals surface area contributed by atoms with Gasteiger partial charge in [-0.15, -0.1) is 0 Å². The van der Waals surface area contributed by atoms with Crippen molar-refractivity contribution in [3.63, 3.8) is 0 Å². The Morgan fingerprint density at radius 2 is 1.06 bits per heavy atom. The topological polar surface area (TPSA) is 0 Å². The van der Waals surface area contributed by atoms with Crippen LogP contribution >= 0.6 is 11.8 Å². The zero-order valence-electron chi connectivity index (χ0n) is 18.3. The minimum atomic E-state index is -4.34. The summed E-state index contributed by atoms with van der Waals surface area (Å²) >= 11 is 1.69. The predicted molar refractivity (Wildman–Crippen MR) is 131 cm³/mol. The number of hydrogen-bond acceptors (Lipinski definition) is 1. The van der Waals surface area contributed by atoms with Crippen LogP contribution in [-0.2, 0) is 17.1 Å². The summed E-state index contributed by atoms with van der Waals surface area (Å²) in [6, 6.07) is 32.5. The molecule has 1 unspecified atom stereocenters. The minimum absolute atomic E-state index is 0.418. The summed E-state index contributed by atoms with van der Waals surface area (Å²) in [4.78, 5) is 5.31. The van der Waals surface area contributed by atoms with E-state index in [2.05, 4.69) is 74.5 Å². The molecular weight excluding hydrogens is 457 g/mol. The molecule has 0 aliphatic carbocycles. The van der Waals surface area contributed by atoms with Gasteiger partial charge >= 0.3 is 6.18 Å². The van der Waals surface area contributed by atoms with E-state index in [-0.39, 0.29) is 0 Å². The summed E-state index contributed by atoms with van der Waals surface area (Å²) in [6.45, 7) is 4.29. The monoisotopic (exact) mass is 481 g/mol. The third kappa shape index (κ3) is 5.84. The molecule has 168 valence electrons. The molecule has 0 aliphatic heterocycles. The van der Waals surface area contributed by atoms with Crippen molar-refractivity contribution >= 4 is 22.7 Å². The molecule has 0 bridgehead atoms. The minimum Gasteiger partial charge on any atom is -0.166 e. The largest absolute Gasteiger partial charge is 0.416 e. The van der Waals surface area contributed by atoms with Gasteiger partial charge in [0.15, 0.2) is 14.7 Å². The predicted octanol–water partition coefficient (Wildman–Crippen LogP) is 9.08. The van der Waals surface area contributed by atoms with Crippen LogP contribution < -0.4 is 0 Å². The van der Waals surface area contributed by atoms with Crippen LogP contribution in [0.15, 0.2) is 128 Å². The van der Waals surface area contributed by atoms with Gasteiger partial charge in [-0.05, 0) is 84.3 Å². The molecule has 5 heteroatoms. The second-order valence-corrected chi connectivity index (χ2v) is 11.1. The van der Waals surface area contributed by atoms with Crippen LogP contribution in [0.2, 0.25) is 0 Å². The van der Waals surface area contributed by atoms with E-state index in [9.17, 15) is 13.2 Å². The van der Waals surface area contributed by atoms with Gasteiger partial charge < -0.3 is 0 Å². The fourth-order valence-corrected chi connectivity index (χ4v) is 6.32. The number of alkyl halides is 3. The molecule has 0 fully saturated rings. The summed E-state index contributed by atoms with van der Waals surface area (Å²) in [5, 5.41) is 0. The average molecular weight is 482 g/mol. The van der Waals surface area contributed by atoms with E-state index in [1.54, 1.807) is 23.9 Å². The van der Waals surface area contributed by atoms with Crippen LogP contribution in [0.25, 0.3) is 0 Å². The van der Waals surface area contributed by atoms with Gasteiger partial charge in [0.1, 0.15) is 0 Å². The van der Waals surface area contributed by atoms with E-state index in [1.807, 2.05) is 18.2 Å². The molecule has 0 radical (unpaired) electrons. The van der Waals surface area contributed by atoms with Crippen molar-refractivity contribution in [3.8, 4) is 0 Å². The fraction of sp³-hybridized carbons (Fsp3) is 0.143. The lowest BCUT2D eigenvalue weighted by molar-refractivity contribution is -0.137. The molecule has 0 amide bonds. The number of rotatable bonds is 6. The summed E-state index contributed by atoms with van der Waals surface area (Å²) < 4.78 is 39.3. The smallest absolute Gasteiger partial charge is 0.166 e. The number of benzene rings is 4. The lowest BCUT2D eigenvalue weighted by atomic mass is 10.0. The maximum Gasteiger partial charge on any atom is 0.416 e. The van der Waals surface area contributed by atoms with E-state index in [4.69, 9.17) is 0 Å². The van der Waals surface area contributed by atoms with Crippen LogP contribution in [0, 0.1) is 0 Å². The Labute approximate surface area is 200 Å². The molecule has 33 heavy (non-hydrogen) atoms. The van der Waals surface area contributed by atoms with E-state index in [0.717, 1.165) is 24.5 Å². The quantitative estimate of drug-likeness (QED) is 0.248. The number of halogens is 3. The summed E-state index contributed by atoms with van der Waals surface area (Å²) in [6.07, 6.45) is -4.34. The van der Waals surface area contributed by atoms with Crippen molar-refractivity contribution < 1.29 is 13.2 Å². The molecule has 0 heterocycles. The molecule has 4 rings (SSSR count). The molecule has 1 atom stereocenters. The molecule has 0 aliphatic rings. The Hall–Kier alpha value is -2.63.